The standard InChI is InChI=1S/C50H52F3N7O8/c1-26(2)43(57-48(63)66-4)46(61)60-23-32(50(51,52)53)18-41(60)45-54-21-39(56-45)30-11-13-33-31(16-30)25-68-42-20-34-29(17-36(33)42)12-14-37-35(34)19-38(55-37)40-15-27(24-65-3)22-59(40)47(62)44(58-49(64)67-5)28-9-7-6-8-10-28/h6-14,16-17,20-21,26-27,32,40-41,43-44H,15,18-19,22-25H2,1-5H3,(H,54,56)(H,57,63)(H,58,64)/t27-,32-,40-,41-,43-,44?/m0/s1. The van der Waals surface area contributed by atoms with Crippen molar-refractivity contribution in [2.75, 3.05) is 41.0 Å². The number of ether oxygens (including phenoxy) is 4. The number of imidazole rings is 1. The van der Waals surface area contributed by atoms with E-state index in [0.717, 1.165) is 62.0 Å². The van der Waals surface area contributed by atoms with Gasteiger partial charge in [-0.1, -0.05) is 62.4 Å². The number of benzene rings is 4. The molecule has 4 aromatic carbocycles. The van der Waals surface area contributed by atoms with E-state index in [4.69, 9.17) is 19.2 Å². The maximum absolute atomic E-state index is 14.4. The van der Waals surface area contributed by atoms with Gasteiger partial charge >= 0.3 is 18.4 Å². The first-order valence-corrected chi connectivity index (χ1v) is 22.5. The zero-order valence-corrected chi connectivity index (χ0v) is 38.2. The minimum Gasteiger partial charge on any atom is -0.488 e. The van der Waals surface area contributed by atoms with Gasteiger partial charge in [0.05, 0.1) is 56.4 Å². The van der Waals surface area contributed by atoms with Gasteiger partial charge < -0.3 is 44.4 Å². The molecule has 0 aliphatic carbocycles. The van der Waals surface area contributed by atoms with Crippen LogP contribution in [0.5, 0.6) is 5.75 Å². The summed E-state index contributed by atoms with van der Waals surface area (Å²) in [6.45, 7) is 3.97. The largest absolute Gasteiger partial charge is 0.488 e. The van der Waals surface area contributed by atoms with E-state index < -0.39 is 60.8 Å². The van der Waals surface area contributed by atoms with Gasteiger partial charge in [0.15, 0.2) is 0 Å². The van der Waals surface area contributed by atoms with Crippen LogP contribution < -0.4 is 15.4 Å². The lowest BCUT2D eigenvalue weighted by Gasteiger charge is -2.30. The van der Waals surface area contributed by atoms with Crippen molar-refractivity contribution in [3.05, 3.63) is 102 Å². The van der Waals surface area contributed by atoms with Gasteiger partial charge in [0.2, 0.25) is 11.8 Å². The molecule has 15 nitrogen and oxygen atoms in total. The predicted octanol–water partition coefficient (Wildman–Crippen LogP) is 8.21. The predicted molar refractivity (Wildman–Crippen MR) is 245 cm³/mol. The van der Waals surface area contributed by atoms with Crippen LogP contribution in [-0.2, 0) is 36.8 Å². The number of alkyl halides is 3. The number of hydrogen-bond acceptors (Lipinski definition) is 10. The van der Waals surface area contributed by atoms with Crippen LogP contribution in [0.25, 0.3) is 33.2 Å². The number of rotatable bonds is 11. The molecule has 4 amide bonds. The number of carbonyl (C=O) groups is 4. The molecule has 4 aliphatic heterocycles. The lowest BCUT2D eigenvalue weighted by atomic mass is 9.90. The quantitative estimate of drug-likeness (QED) is 0.118. The Bertz CT molecular complexity index is 2800. The molecule has 6 atom stereocenters. The van der Waals surface area contributed by atoms with Crippen molar-refractivity contribution in [1.82, 2.24) is 30.4 Å². The number of aliphatic imine (C=N–C) groups is 1. The number of aromatic nitrogens is 2. The van der Waals surface area contributed by atoms with Gasteiger partial charge in [-0.25, -0.2) is 14.6 Å². The third kappa shape index (κ3) is 8.84. The Morgan fingerprint density at radius 1 is 0.868 bits per heavy atom. The molecule has 0 spiro atoms. The summed E-state index contributed by atoms with van der Waals surface area (Å²) in [6.07, 6.45) is -3.79. The molecule has 3 N–H and O–H groups in total. The Hall–Kier alpha value is -6.95. The normalized spacial score (nSPS) is 20.5. The second-order valence-electron chi connectivity index (χ2n) is 18.1. The number of hydrogen-bond donors (Lipinski definition) is 3. The summed E-state index contributed by atoms with van der Waals surface area (Å²) in [6, 6.07) is 19.7. The molecule has 0 saturated carbocycles. The number of carbonyl (C=O) groups excluding carboxylic acids is 4. The van der Waals surface area contributed by atoms with Gasteiger partial charge in [0, 0.05) is 43.8 Å². The van der Waals surface area contributed by atoms with Gasteiger partial charge in [0.25, 0.3) is 0 Å². The van der Waals surface area contributed by atoms with Crippen molar-refractivity contribution >= 4 is 46.2 Å². The smallest absolute Gasteiger partial charge is 0.407 e. The van der Waals surface area contributed by atoms with E-state index in [1.54, 1.807) is 39.3 Å². The van der Waals surface area contributed by atoms with Crippen molar-refractivity contribution in [1.29, 1.82) is 0 Å². The zero-order chi connectivity index (χ0) is 48.0. The van der Waals surface area contributed by atoms with Crippen LogP contribution in [0.1, 0.15) is 61.3 Å². The van der Waals surface area contributed by atoms with Crippen LogP contribution in [-0.4, -0.2) is 109 Å². The fourth-order valence-electron chi connectivity index (χ4n) is 10.1. The van der Waals surface area contributed by atoms with Crippen molar-refractivity contribution in [2.24, 2.45) is 22.7 Å². The van der Waals surface area contributed by atoms with Gasteiger partial charge in [-0.2, -0.15) is 13.2 Å². The fraction of sp³-hybridized carbons (Fsp3) is 0.400. The summed E-state index contributed by atoms with van der Waals surface area (Å²) in [7, 11) is 4.06. The number of likely N-dealkylation sites (tertiary alicyclic amines) is 2. The Balaban J connectivity index is 0.958. The molecule has 1 aromatic heterocycles. The minimum absolute atomic E-state index is 0.0585. The Morgan fingerprint density at radius 2 is 1.62 bits per heavy atom. The molecule has 0 bridgehead atoms. The van der Waals surface area contributed by atoms with Gasteiger partial charge in [-0.15, -0.1) is 0 Å². The molecule has 68 heavy (non-hydrogen) atoms. The first kappa shape index (κ1) is 46.2. The number of nitrogens with zero attached hydrogens (tertiary/aromatic N) is 4. The van der Waals surface area contributed by atoms with E-state index in [-0.39, 0.29) is 36.7 Å². The maximum Gasteiger partial charge on any atom is 0.407 e. The van der Waals surface area contributed by atoms with Gasteiger partial charge in [-0.05, 0) is 81.6 Å². The van der Waals surface area contributed by atoms with E-state index in [1.165, 1.54) is 7.11 Å². The van der Waals surface area contributed by atoms with E-state index in [0.29, 0.717) is 43.0 Å². The van der Waals surface area contributed by atoms with Crippen molar-refractivity contribution < 1.29 is 51.3 Å². The number of methoxy groups -OCH3 is 3. The topological polar surface area (TPSA) is 177 Å². The molecule has 0 radical (unpaired) electrons. The molecule has 1 unspecified atom stereocenters. The summed E-state index contributed by atoms with van der Waals surface area (Å²) in [5, 5.41) is 7.19. The lowest BCUT2D eigenvalue weighted by Crippen LogP contribution is -2.51. The lowest BCUT2D eigenvalue weighted by molar-refractivity contribution is -0.171. The zero-order valence-electron chi connectivity index (χ0n) is 38.2. The fourth-order valence-corrected chi connectivity index (χ4v) is 10.1. The SMILES string of the molecule is COC[C@H]1C[C@@H](C2=Nc3ccc4cc5c(cc4c3C2)OCc2cc(-c3cnc([C@@H]4C[C@H](C(F)(F)F)CN4C(=O)[C@@H](NC(=O)OC)C(C)C)[nH]3)ccc2-5)N(C(=O)C(NC(=O)OC)c2ccccc2)C1. The molecule has 9 rings (SSSR count). The molecule has 2 fully saturated rings. The highest BCUT2D eigenvalue weighted by Crippen LogP contribution is 2.46. The molecule has 2 saturated heterocycles. The number of H-pyrrole nitrogens is 1. The minimum atomic E-state index is -4.55. The van der Waals surface area contributed by atoms with Crippen LogP contribution in [0.2, 0.25) is 0 Å². The third-order valence-corrected chi connectivity index (χ3v) is 13.6. The van der Waals surface area contributed by atoms with E-state index >= 15 is 0 Å². The number of halogens is 3. The highest BCUT2D eigenvalue weighted by Gasteiger charge is 2.51. The Labute approximate surface area is 390 Å². The van der Waals surface area contributed by atoms with Crippen LogP contribution in [0.15, 0.2) is 84.0 Å². The van der Waals surface area contributed by atoms with Crippen LogP contribution in [0, 0.1) is 17.8 Å². The van der Waals surface area contributed by atoms with Gasteiger partial charge in [-0.3, -0.25) is 14.6 Å². The van der Waals surface area contributed by atoms with Crippen molar-refractivity contribution in [3.63, 3.8) is 0 Å². The van der Waals surface area contributed by atoms with Gasteiger partial charge in [0.1, 0.15) is 30.3 Å². The van der Waals surface area contributed by atoms with E-state index in [1.807, 2.05) is 59.5 Å². The van der Waals surface area contributed by atoms with Crippen LogP contribution in [0.4, 0.5) is 28.4 Å². The average molecular weight is 936 g/mol. The molecule has 356 valence electrons. The summed E-state index contributed by atoms with van der Waals surface area (Å²) >= 11 is 0. The first-order valence-electron chi connectivity index (χ1n) is 22.5. The molecule has 4 aliphatic rings. The monoisotopic (exact) mass is 935 g/mol. The molecule has 5 heterocycles. The Morgan fingerprint density at radius 3 is 2.34 bits per heavy atom. The number of amides is 4. The average Bonchev–Trinajstić information content (AvgIpc) is 4.17. The number of alkyl carbamates (subject to hydrolysis) is 2. The summed E-state index contributed by atoms with van der Waals surface area (Å²) in [4.78, 5) is 68.6. The third-order valence-electron chi connectivity index (χ3n) is 13.6. The number of nitrogens with one attached hydrogen (secondary N) is 3. The van der Waals surface area contributed by atoms with Crippen molar-refractivity contribution in [3.8, 4) is 28.1 Å². The van der Waals surface area contributed by atoms with Crippen molar-refractivity contribution in [2.45, 2.75) is 70.1 Å². The summed E-state index contributed by atoms with van der Waals surface area (Å²) < 4.78 is 64.0. The molecule has 18 heteroatoms. The molecular formula is C50H52F3N7O8. The summed E-state index contributed by atoms with van der Waals surface area (Å²) in [5.41, 5.74) is 7.38. The van der Waals surface area contributed by atoms with Crippen LogP contribution in [0.3, 0.4) is 0 Å². The highest BCUT2D eigenvalue weighted by atomic mass is 19.4. The number of aromatic amines is 1. The number of fused-ring (bicyclic) bond motifs is 6. The van der Waals surface area contributed by atoms with Crippen LogP contribution >= 0.6 is 0 Å². The second-order valence-corrected chi connectivity index (χ2v) is 18.1. The summed E-state index contributed by atoms with van der Waals surface area (Å²) in [5.74, 6) is -2.15. The first-order chi connectivity index (χ1) is 32.6. The highest BCUT2D eigenvalue weighted by molar-refractivity contribution is 6.07. The molecule has 5 aromatic rings. The van der Waals surface area contributed by atoms with E-state index in [2.05, 4.69) is 31.4 Å². The molecular weight excluding hydrogens is 884 g/mol. The Kier molecular flexibility index (Phi) is 12.6. The maximum atomic E-state index is 14.4. The second kappa shape index (κ2) is 18.6. The van der Waals surface area contributed by atoms with E-state index in [9.17, 15) is 32.3 Å².